The number of nitriles is 1. The third-order valence-corrected chi connectivity index (χ3v) is 3.29. The van der Waals surface area contributed by atoms with E-state index in [4.69, 9.17) is 11.0 Å². The van der Waals surface area contributed by atoms with E-state index in [0.29, 0.717) is 24.3 Å². The average Bonchev–Trinajstić information content (AvgIpc) is 2.68. The summed E-state index contributed by atoms with van der Waals surface area (Å²) in [6.07, 6.45) is 0.709. The van der Waals surface area contributed by atoms with E-state index in [1.165, 1.54) is 0 Å². The molecule has 0 aliphatic carbocycles. The van der Waals surface area contributed by atoms with Crippen molar-refractivity contribution < 1.29 is 0 Å². The maximum absolute atomic E-state index is 9.06. The molecule has 0 aliphatic heterocycles. The minimum Gasteiger partial charge on any atom is -0.383 e. The molecule has 2 rings (SSSR count). The third-order valence-electron chi connectivity index (χ3n) is 2.76. The second-order valence-corrected chi connectivity index (χ2v) is 4.87. The highest BCUT2D eigenvalue weighted by Gasteiger charge is 2.13. The van der Waals surface area contributed by atoms with Crippen LogP contribution in [0.4, 0.5) is 5.82 Å². The van der Waals surface area contributed by atoms with Crippen LogP contribution >= 0.6 is 15.9 Å². The normalized spacial score (nSPS) is 10.3. The quantitative estimate of drug-likeness (QED) is 0.948. The van der Waals surface area contributed by atoms with Crippen molar-refractivity contribution in [2.24, 2.45) is 0 Å². The number of hydrogen-bond acceptors (Lipinski definition) is 3. The number of aryl methyl sites for hydroxylation is 1. The maximum atomic E-state index is 9.06. The summed E-state index contributed by atoms with van der Waals surface area (Å²) in [6.45, 7) is 2.54. The first-order chi connectivity index (χ1) is 8.65. The van der Waals surface area contributed by atoms with E-state index in [2.05, 4.69) is 27.1 Å². The first kappa shape index (κ1) is 12.7. The molecule has 5 heteroatoms. The summed E-state index contributed by atoms with van der Waals surface area (Å²) in [6, 6.07) is 10.1. The van der Waals surface area contributed by atoms with Gasteiger partial charge in [-0.2, -0.15) is 10.4 Å². The fraction of sp³-hybridized carbons (Fsp3) is 0.231. The Morgan fingerprint density at radius 2 is 2.06 bits per heavy atom. The van der Waals surface area contributed by atoms with Crippen LogP contribution in [-0.4, -0.2) is 9.78 Å². The number of aromatic nitrogens is 2. The van der Waals surface area contributed by atoms with Gasteiger partial charge in [0.25, 0.3) is 0 Å². The van der Waals surface area contributed by atoms with Crippen LogP contribution in [-0.2, 0) is 13.0 Å². The number of rotatable bonds is 3. The van der Waals surface area contributed by atoms with Gasteiger partial charge in [-0.05, 0) is 24.1 Å². The van der Waals surface area contributed by atoms with Crippen LogP contribution in [0.25, 0.3) is 0 Å². The molecular weight excluding hydrogens is 292 g/mol. The molecule has 0 aliphatic rings. The van der Waals surface area contributed by atoms with Gasteiger partial charge in [-0.25, -0.2) is 4.68 Å². The lowest BCUT2D eigenvalue weighted by atomic mass is 10.2. The lowest BCUT2D eigenvalue weighted by Crippen LogP contribution is -2.06. The van der Waals surface area contributed by atoms with Gasteiger partial charge in [0, 0.05) is 4.47 Å². The van der Waals surface area contributed by atoms with Gasteiger partial charge in [0.2, 0.25) is 0 Å². The molecule has 18 heavy (non-hydrogen) atoms. The van der Waals surface area contributed by atoms with Crippen molar-refractivity contribution in [3.8, 4) is 6.07 Å². The summed E-state index contributed by atoms with van der Waals surface area (Å²) in [5.41, 5.74) is 8.29. The number of nitrogens with zero attached hydrogens (tertiary/aromatic N) is 3. The Labute approximate surface area is 114 Å². The molecule has 1 aromatic carbocycles. The smallest absolute Gasteiger partial charge is 0.140 e. The molecule has 0 saturated carbocycles. The van der Waals surface area contributed by atoms with Crippen molar-refractivity contribution in [2.75, 3.05) is 5.73 Å². The highest BCUT2D eigenvalue weighted by atomic mass is 79.9. The third kappa shape index (κ3) is 2.39. The molecule has 0 amide bonds. The number of hydrogen-bond donors (Lipinski definition) is 1. The van der Waals surface area contributed by atoms with Gasteiger partial charge >= 0.3 is 0 Å². The molecule has 0 unspecified atom stereocenters. The molecule has 0 spiro atoms. The van der Waals surface area contributed by atoms with Gasteiger partial charge in [0.1, 0.15) is 17.5 Å². The van der Waals surface area contributed by atoms with Gasteiger partial charge in [-0.1, -0.05) is 35.0 Å². The highest BCUT2D eigenvalue weighted by Crippen LogP contribution is 2.18. The lowest BCUT2D eigenvalue weighted by molar-refractivity contribution is 0.682. The van der Waals surface area contributed by atoms with E-state index in [0.717, 1.165) is 15.7 Å². The molecule has 92 valence electrons. The number of benzene rings is 1. The maximum Gasteiger partial charge on any atom is 0.140 e. The summed E-state index contributed by atoms with van der Waals surface area (Å²) < 4.78 is 2.72. The predicted octanol–water partition coefficient (Wildman–Crippen LogP) is 2.71. The fourth-order valence-corrected chi connectivity index (χ4v) is 2.04. The summed E-state index contributed by atoms with van der Waals surface area (Å²) in [4.78, 5) is 0. The largest absolute Gasteiger partial charge is 0.383 e. The summed E-state index contributed by atoms with van der Waals surface area (Å²) >= 11 is 3.39. The number of anilines is 1. The van der Waals surface area contributed by atoms with Crippen LogP contribution in [0.15, 0.2) is 28.7 Å². The van der Waals surface area contributed by atoms with Crippen molar-refractivity contribution in [1.29, 1.82) is 5.26 Å². The molecule has 2 N–H and O–H groups in total. The Bertz CT molecular complexity index is 593. The van der Waals surface area contributed by atoms with Gasteiger partial charge < -0.3 is 5.73 Å². The minimum absolute atomic E-state index is 0.442. The Hall–Kier alpha value is -1.80. The van der Waals surface area contributed by atoms with Crippen LogP contribution in [0.5, 0.6) is 0 Å². The van der Waals surface area contributed by atoms with E-state index < -0.39 is 0 Å². The van der Waals surface area contributed by atoms with Crippen LogP contribution in [0.2, 0.25) is 0 Å². The van der Waals surface area contributed by atoms with E-state index in [1.54, 1.807) is 4.68 Å². The molecule has 0 fully saturated rings. The number of nitrogen functional groups attached to an aromatic ring is 1. The van der Waals surface area contributed by atoms with Gasteiger partial charge in [-0.3, -0.25) is 0 Å². The van der Waals surface area contributed by atoms with Crippen LogP contribution < -0.4 is 5.73 Å². The topological polar surface area (TPSA) is 67.6 Å². The number of halogens is 1. The van der Waals surface area contributed by atoms with E-state index in [1.807, 2.05) is 31.2 Å². The summed E-state index contributed by atoms with van der Waals surface area (Å²) in [5.74, 6) is 0.442. The SMILES string of the molecule is CCc1nn(Cc2ccc(Br)cc2)c(N)c1C#N. The average molecular weight is 305 g/mol. The van der Waals surface area contributed by atoms with Gasteiger partial charge in [0.05, 0.1) is 12.2 Å². The van der Waals surface area contributed by atoms with E-state index >= 15 is 0 Å². The van der Waals surface area contributed by atoms with Crippen molar-refractivity contribution >= 4 is 21.7 Å². The predicted molar refractivity (Wildman–Crippen MR) is 74.0 cm³/mol. The van der Waals surface area contributed by atoms with Crippen LogP contribution in [0.3, 0.4) is 0 Å². The van der Waals surface area contributed by atoms with E-state index in [9.17, 15) is 0 Å². The molecule has 0 bridgehead atoms. The first-order valence-corrected chi connectivity index (χ1v) is 6.44. The second-order valence-electron chi connectivity index (χ2n) is 3.96. The van der Waals surface area contributed by atoms with Crippen molar-refractivity contribution in [3.63, 3.8) is 0 Å². The standard InChI is InChI=1S/C13H13BrN4/c1-2-12-11(7-15)13(16)18(17-12)8-9-3-5-10(14)6-4-9/h3-6H,2,8,16H2,1H3. The van der Waals surface area contributed by atoms with Crippen molar-refractivity contribution in [2.45, 2.75) is 19.9 Å². The molecule has 4 nitrogen and oxygen atoms in total. The first-order valence-electron chi connectivity index (χ1n) is 5.65. The Kier molecular flexibility index (Phi) is 3.68. The second kappa shape index (κ2) is 5.23. The van der Waals surface area contributed by atoms with Crippen molar-refractivity contribution in [1.82, 2.24) is 9.78 Å². The van der Waals surface area contributed by atoms with Crippen LogP contribution in [0.1, 0.15) is 23.7 Å². The lowest BCUT2D eigenvalue weighted by Gasteiger charge is -2.04. The number of nitrogens with two attached hydrogens (primary N) is 1. The van der Waals surface area contributed by atoms with E-state index in [-0.39, 0.29) is 0 Å². The Balaban J connectivity index is 2.32. The molecule has 1 aromatic heterocycles. The molecule has 0 atom stereocenters. The summed E-state index contributed by atoms with van der Waals surface area (Å²) in [7, 11) is 0. The Morgan fingerprint density at radius 1 is 1.39 bits per heavy atom. The zero-order valence-corrected chi connectivity index (χ0v) is 11.6. The van der Waals surface area contributed by atoms with Crippen molar-refractivity contribution in [3.05, 3.63) is 45.6 Å². The molecule has 0 saturated heterocycles. The monoisotopic (exact) mass is 304 g/mol. The highest BCUT2D eigenvalue weighted by molar-refractivity contribution is 9.10. The van der Waals surface area contributed by atoms with Gasteiger partial charge in [-0.15, -0.1) is 0 Å². The Morgan fingerprint density at radius 3 is 2.56 bits per heavy atom. The minimum atomic E-state index is 0.442. The fourth-order valence-electron chi connectivity index (χ4n) is 1.78. The molecule has 2 aromatic rings. The zero-order valence-electron chi connectivity index (χ0n) is 10.0. The molecule has 1 heterocycles. The van der Waals surface area contributed by atoms with Crippen LogP contribution in [0, 0.1) is 11.3 Å². The molecule has 0 radical (unpaired) electrons. The molecular formula is C13H13BrN4. The summed E-state index contributed by atoms with van der Waals surface area (Å²) in [5, 5.41) is 13.4. The van der Waals surface area contributed by atoms with Gasteiger partial charge in [0.15, 0.2) is 0 Å². The zero-order chi connectivity index (χ0) is 13.1.